The molecule has 3 aromatic carbocycles. The number of hydrogen-bond donors (Lipinski definition) is 0. The van der Waals surface area contributed by atoms with Crippen molar-refractivity contribution in [1.82, 2.24) is 9.97 Å². The summed E-state index contributed by atoms with van der Waals surface area (Å²) in [6.45, 7) is 2.84. The van der Waals surface area contributed by atoms with Crippen molar-refractivity contribution in [2.45, 2.75) is 0 Å². The molecular formula is C24H19Cl2FN4. The summed E-state index contributed by atoms with van der Waals surface area (Å²) in [6, 6.07) is 20.3. The second-order valence-electron chi connectivity index (χ2n) is 7.41. The Labute approximate surface area is 189 Å². The van der Waals surface area contributed by atoms with Crippen LogP contribution in [0.5, 0.6) is 0 Å². The second kappa shape index (κ2) is 8.33. The van der Waals surface area contributed by atoms with Gasteiger partial charge in [0.25, 0.3) is 0 Å². The molecule has 4 aromatic rings. The normalized spacial score (nSPS) is 14.3. The van der Waals surface area contributed by atoms with Crippen LogP contribution in [-0.4, -0.2) is 36.1 Å². The molecule has 0 saturated carbocycles. The molecular weight excluding hydrogens is 434 g/mol. The first-order valence-corrected chi connectivity index (χ1v) is 10.8. The van der Waals surface area contributed by atoms with Crippen LogP contribution in [0.3, 0.4) is 0 Å². The quantitative estimate of drug-likeness (QED) is 0.377. The lowest BCUT2D eigenvalue weighted by atomic mass is 10.1. The number of nitrogens with zero attached hydrogens (tertiary/aromatic N) is 4. The van der Waals surface area contributed by atoms with E-state index in [2.05, 4.69) is 9.80 Å². The van der Waals surface area contributed by atoms with E-state index in [1.165, 1.54) is 6.07 Å². The van der Waals surface area contributed by atoms with Gasteiger partial charge in [0.05, 0.1) is 21.2 Å². The van der Waals surface area contributed by atoms with E-state index in [4.69, 9.17) is 33.2 Å². The summed E-state index contributed by atoms with van der Waals surface area (Å²) in [4.78, 5) is 13.9. The number of hydrogen-bond acceptors (Lipinski definition) is 4. The third kappa shape index (κ3) is 3.80. The van der Waals surface area contributed by atoms with Gasteiger partial charge in [-0.2, -0.15) is 0 Å². The maximum atomic E-state index is 14.2. The fourth-order valence-corrected chi connectivity index (χ4v) is 4.35. The molecule has 31 heavy (non-hydrogen) atoms. The zero-order valence-corrected chi connectivity index (χ0v) is 18.1. The van der Waals surface area contributed by atoms with Crippen LogP contribution in [0.15, 0.2) is 66.7 Å². The van der Waals surface area contributed by atoms with Crippen molar-refractivity contribution in [3.05, 3.63) is 82.6 Å². The van der Waals surface area contributed by atoms with E-state index in [1.807, 2.05) is 48.5 Å². The van der Waals surface area contributed by atoms with Gasteiger partial charge in [-0.25, -0.2) is 14.4 Å². The van der Waals surface area contributed by atoms with Crippen molar-refractivity contribution in [1.29, 1.82) is 0 Å². The van der Waals surface area contributed by atoms with Crippen LogP contribution in [0.25, 0.3) is 22.3 Å². The lowest BCUT2D eigenvalue weighted by Crippen LogP contribution is -2.47. The summed E-state index contributed by atoms with van der Waals surface area (Å²) in [5.74, 6) is 1.20. The summed E-state index contributed by atoms with van der Waals surface area (Å²) in [7, 11) is 0. The Kier molecular flexibility index (Phi) is 5.38. The molecule has 0 N–H and O–H groups in total. The van der Waals surface area contributed by atoms with Crippen molar-refractivity contribution >= 4 is 45.6 Å². The molecule has 0 atom stereocenters. The first-order valence-electron chi connectivity index (χ1n) is 10.1. The minimum atomic E-state index is -0.193. The highest BCUT2D eigenvalue weighted by molar-refractivity contribution is 6.43. The lowest BCUT2D eigenvalue weighted by Gasteiger charge is -2.37. The van der Waals surface area contributed by atoms with Gasteiger partial charge in [-0.05, 0) is 36.4 Å². The average Bonchev–Trinajstić information content (AvgIpc) is 2.81. The largest absolute Gasteiger partial charge is 0.366 e. The fraction of sp³-hybridized carbons (Fsp3) is 0.167. The Morgan fingerprint density at radius 3 is 2.26 bits per heavy atom. The predicted octanol–water partition coefficient (Wildman–Crippen LogP) is 6.07. The van der Waals surface area contributed by atoms with Gasteiger partial charge in [0.2, 0.25) is 0 Å². The highest BCUT2D eigenvalue weighted by Crippen LogP contribution is 2.35. The Balaban J connectivity index is 1.51. The molecule has 1 saturated heterocycles. The minimum absolute atomic E-state index is 0.193. The van der Waals surface area contributed by atoms with Gasteiger partial charge in [0.15, 0.2) is 5.82 Å². The van der Waals surface area contributed by atoms with E-state index in [-0.39, 0.29) is 5.82 Å². The highest BCUT2D eigenvalue weighted by atomic mass is 35.5. The van der Waals surface area contributed by atoms with Crippen LogP contribution >= 0.6 is 23.2 Å². The van der Waals surface area contributed by atoms with E-state index in [0.717, 1.165) is 29.8 Å². The van der Waals surface area contributed by atoms with E-state index >= 15 is 0 Å². The molecule has 0 radical (unpaired) electrons. The van der Waals surface area contributed by atoms with E-state index in [1.54, 1.807) is 12.1 Å². The van der Waals surface area contributed by atoms with Crippen molar-refractivity contribution in [3.63, 3.8) is 0 Å². The lowest BCUT2D eigenvalue weighted by molar-refractivity contribution is 0.597. The first kappa shape index (κ1) is 20.0. The predicted molar refractivity (Wildman–Crippen MR) is 126 cm³/mol. The fourth-order valence-electron chi connectivity index (χ4n) is 3.97. The van der Waals surface area contributed by atoms with Crippen LogP contribution in [0.2, 0.25) is 10.0 Å². The number of para-hydroxylation sites is 2. The number of fused-ring (bicyclic) bond motifs is 1. The number of aromatic nitrogens is 2. The van der Waals surface area contributed by atoms with Crippen molar-refractivity contribution < 1.29 is 4.39 Å². The molecule has 7 heteroatoms. The van der Waals surface area contributed by atoms with E-state index in [0.29, 0.717) is 40.2 Å². The van der Waals surface area contributed by atoms with Crippen molar-refractivity contribution in [2.75, 3.05) is 36.0 Å². The third-order valence-electron chi connectivity index (χ3n) is 5.55. The molecule has 4 nitrogen and oxygen atoms in total. The van der Waals surface area contributed by atoms with Crippen molar-refractivity contribution in [3.8, 4) is 11.4 Å². The van der Waals surface area contributed by atoms with Gasteiger partial charge in [-0.3, -0.25) is 0 Å². The number of piperazine rings is 1. The molecule has 1 aliphatic rings. The molecule has 0 aliphatic carbocycles. The van der Waals surface area contributed by atoms with E-state index in [9.17, 15) is 4.39 Å². The molecule has 0 unspecified atom stereocenters. The van der Waals surface area contributed by atoms with Crippen LogP contribution < -0.4 is 9.80 Å². The molecule has 0 spiro atoms. The molecule has 0 bridgehead atoms. The Morgan fingerprint density at radius 1 is 0.742 bits per heavy atom. The number of anilines is 2. The van der Waals surface area contributed by atoms with Gasteiger partial charge >= 0.3 is 0 Å². The topological polar surface area (TPSA) is 32.3 Å². The van der Waals surface area contributed by atoms with Gasteiger partial charge in [0, 0.05) is 37.1 Å². The van der Waals surface area contributed by atoms with Crippen LogP contribution in [0.4, 0.5) is 15.9 Å². The van der Waals surface area contributed by atoms with Gasteiger partial charge in [0.1, 0.15) is 11.6 Å². The van der Waals surface area contributed by atoms with Crippen LogP contribution in [0.1, 0.15) is 0 Å². The monoisotopic (exact) mass is 452 g/mol. The molecule has 1 aliphatic heterocycles. The summed E-state index contributed by atoms with van der Waals surface area (Å²) < 4.78 is 14.2. The molecule has 1 aromatic heterocycles. The van der Waals surface area contributed by atoms with Crippen LogP contribution in [-0.2, 0) is 0 Å². The van der Waals surface area contributed by atoms with Crippen molar-refractivity contribution in [2.24, 2.45) is 0 Å². The number of rotatable bonds is 3. The van der Waals surface area contributed by atoms with Gasteiger partial charge in [-0.1, -0.05) is 53.5 Å². The smallest absolute Gasteiger partial charge is 0.163 e. The first-order chi connectivity index (χ1) is 15.1. The maximum absolute atomic E-state index is 14.2. The number of halogens is 3. The van der Waals surface area contributed by atoms with E-state index < -0.39 is 0 Å². The Hall–Kier alpha value is -2.89. The zero-order valence-electron chi connectivity index (χ0n) is 16.6. The second-order valence-corrected chi connectivity index (χ2v) is 8.20. The number of benzene rings is 3. The SMILES string of the molecule is Fc1ccccc1N1CCN(c2nc(-c3cccc(Cl)c3Cl)nc3ccccc23)CC1. The average molecular weight is 453 g/mol. The summed E-state index contributed by atoms with van der Waals surface area (Å²) >= 11 is 12.7. The zero-order chi connectivity index (χ0) is 21.4. The Morgan fingerprint density at radius 2 is 1.45 bits per heavy atom. The molecule has 2 heterocycles. The highest BCUT2D eigenvalue weighted by Gasteiger charge is 2.23. The molecule has 0 amide bonds. The molecule has 5 rings (SSSR count). The maximum Gasteiger partial charge on any atom is 0.163 e. The Bertz CT molecular complexity index is 1260. The van der Waals surface area contributed by atoms with Gasteiger partial charge < -0.3 is 9.80 Å². The minimum Gasteiger partial charge on any atom is -0.366 e. The molecule has 156 valence electrons. The van der Waals surface area contributed by atoms with Crippen LogP contribution in [0, 0.1) is 5.82 Å². The summed E-state index contributed by atoms with van der Waals surface area (Å²) in [5, 5.41) is 1.88. The third-order valence-corrected chi connectivity index (χ3v) is 6.37. The molecule has 1 fully saturated rings. The summed E-state index contributed by atoms with van der Waals surface area (Å²) in [5.41, 5.74) is 2.18. The van der Waals surface area contributed by atoms with Gasteiger partial charge in [-0.15, -0.1) is 0 Å². The summed E-state index contributed by atoms with van der Waals surface area (Å²) in [6.07, 6.45) is 0. The standard InChI is InChI=1S/C24H19Cl2FN4/c25-18-8-5-7-17(22(18)26)23-28-20-10-3-1-6-16(20)24(29-23)31-14-12-30(13-15-31)21-11-4-2-9-19(21)27/h1-11H,12-15H2.